The molecule has 92 valence electrons. The monoisotopic (exact) mass is 215 g/mol. The Labute approximate surface area is 95.8 Å². The molecule has 0 aromatic heterocycles. The Balaban J connectivity index is 4.40. The molecular weight excluding hydrogens is 186 g/mol. The van der Waals surface area contributed by atoms with Gasteiger partial charge in [-0.1, -0.05) is 47.5 Å². The van der Waals surface area contributed by atoms with Crippen LogP contribution < -0.4 is 5.32 Å². The van der Waals surface area contributed by atoms with Crippen LogP contribution in [0.25, 0.3) is 0 Å². The van der Waals surface area contributed by atoms with Gasteiger partial charge in [-0.3, -0.25) is 0 Å². The minimum Gasteiger partial charge on any atom is -0.379 e. The quantitative estimate of drug-likeness (QED) is 0.704. The first-order valence-electron chi connectivity index (χ1n) is 6.23. The van der Waals surface area contributed by atoms with E-state index in [2.05, 4.69) is 39.9 Å². The van der Waals surface area contributed by atoms with Gasteiger partial charge in [0.1, 0.15) is 0 Å². The minimum atomic E-state index is 0.204. The third-order valence-corrected chi connectivity index (χ3v) is 2.81. The molecule has 0 aromatic rings. The van der Waals surface area contributed by atoms with Gasteiger partial charge in [0.25, 0.3) is 0 Å². The predicted molar refractivity (Wildman–Crippen MR) is 67.2 cm³/mol. The van der Waals surface area contributed by atoms with Crippen LogP contribution in [-0.2, 0) is 4.74 Å². The molecule has 0 heterocycles. The molecule has 0 aromatic carbocycles. The predicted octanol–water partition coefficient (Wildman–Crippen LogP) is 3.22. The number of hydrogen-bond donors (Lipinski definition) is 1. The van der Waals surface area contributed by atoms with E-state index in [0.717, 1.165) is 6.54 Å². The summed E-state index contributed by atoms with van der Waals surface area (Å²) < 4.78 is 5.66. The molecule has 2 nitrogen and oxygen atoms in total. The number of methoxy groups -OCH3 is 1. The van der Waals surface area contributed by atoms with E-state index in [4.69, 9.17) is 4.74 Å². The van der Waals surface area contributed by atoms with Crippen molar-refractivity contribution in [2.24, 2.45) is 5.41 Å². The maximum absolute atomic E-state index is 5.66. The maximum Gasteiger partial charge on any atom is 0.0772 e. The van der Waals surface area contributed by atoms with E-state index in [9.17, 15) is 0 Å². The highest BCUT2D eigenvalue weighted by molar-refractivity contribution is 4.85. The molecule has 2 heteroatoms. The molecule has 0 fully saturated rings. The van der Waals surface area contributed by atoms with Crippen molar-refractivity contribution in [1.82, 2.24) is 5.32 Å². The van der Waals surface area contributed by atoms with Crippen molar-refractivity contribution in [1.29, 1.82) is 0 Å². The summed E-state index contributed by atoms with van der Waals surface area (Å²) in [4.78, 5) is 0. The van der Waals surface area contributed by atoms with Crippen molar-refractivity contribution in [3.05, 3.63) is 0 Å². The third kappa shape index (κ3) is 5.53. The van der Waals surface area contributed by atoms with Gasteiger partial charge in [-0.25, -0.2) is 0 Å². The van der Waals surface area contributed by atoms with Gasteiger partial charge in [0.05, 0.1) is 6.10 Å². The summed E-state index contributed by atoms with van der Waals surface area (Å²) in [6, 6.07) is 0.486. The van der Waals surface area contributed by atoms with Crippen molar-refractivity contribution < 1.29 is 4.74 Å². The second-order valence-electron chi connectivity index (χ2n) is 5.33. The summed E-state index contributed by atoms with van der Waals surface area (Å²) in [5, 5.41) is 3.55. The van der Waals surface area contributed by atoms with Crippen LogP contribution in [0.15, 0.2) is 0 Å². The van der Waals surface area contributed by atoms with Crippen LogP contribution in [-0.4, -0.2) is 25.8 Å². The first-order valence-corrected chi connectivity index (χ1v) is 6.23. The van der Waals surface area contributed by atoms with Crippen molar-refractivity contribution in [3.63, 3.8) is 0 Å². The van der Waals surface area contributed by atoms with Gasteiger partial charge < -0.3 is 10.1 Å². The minimum absolute atomic E-state index is 0.204. The van der Waals surface area contributed by atoms with E-state index >= 15 is 0 Å². The largest absolute Gasteiger partial charge is 0.379 e. The zero-order valence-electron chi connectivity index (χ0n) is 11.4. The van der Waals surface area contributed by atoms with E-state index in [1.807, 2.05) is 7.11 Å². The van der Waals surface area contributed by atoms with E-state index in [1.165, 1.54) is 19.3 Å². The Kier molecular flexibility index (Phi) is 7.20. The van der Waals surface area contributed by atoms with Gasteiger partial charge in [-0.05, 0) is 18.4 Å². The smallest absolute Gasteiger partial charge is 0.0772 e. The molecule has 0 aliphatic heterocycles. The van der Waals surface area contributed by atoms with Crippen LogP contribution in [0.2, 0.25) is 0 Å². The van der Waals surface area contributed by atoms with Crippen molar-refractivity contribution in [2.75, 3.05) is 13.7 Å². The highest BCUT2D eigenvalue weighted by Gasteiger charge is 2.31. The molecule has 0 aliphatic carbocycles. The normalized spacial score (nSPS) is 16.4. The number of nitrogens with one attached hydrogen (secondary N) is 1. The summed E-state index contributed by atoms with van der Waals surface area (Å²) >= 11 is 0. The molecule has 0 radical (unpaired) electrons. The fraction of sp³-hybridized carbons (Fsp3) is 1.00. The SMILES string of the molecule is CCCCC(NCC)C(OC)C(C)(C)C. The van der Waals surface area contributed by atoms with Crippen molar-refractivity contribution >= 4 is 0 Å². The molecule has 1 N–H and O–H groups in total. The lowest BCUT2D eigenvalue weighted by molar-refractivity contribution is -0.0132. The van der Waals surface area contributed by atoms with Crippen LogP contribution >= 0.6 is 0 Å². The first kappa shape index (κ1) is 14.9. The molecule has 0 saturated carbocycles. The Morgan fingerprint density at radius 3 is 2.13 bits per heavy atom. The van der Waals surface area contributed by atoms with Gasteiger partial charge in [-0.15, -0.1) is 0 Å². The average Bonchev–Trinajstić information content (AvgIpc) is 2.13. The van der Waals surface area contributed by atoms with E-state index in [1.54, 1.807) is 0 Å². The van der Waals surface area contributed by atoms with E-state index < -0.39 is 0 Å². The van der Waals surface area contributed by atoms with Crippen molar-refractivity contribution in [3.8, 4) is 0 Å². The van der Waals surface area contributed by atoms with Crippen molar-refractivity contribution in [2.45, 2.75) is 66.0 Å². The number of hydrogen-bond acceptors (Lipinski definition) is 2. The lowest BCUT2D eigenvalue weighted by atomic mass is 9.83. The highest BCUT2D eigenvalue weighted by atomic mass is 16.5. The molecule has 0 aliphatic rings. The fourth-order valence-electron chi connectivity index (χ4n) is 2.17. The van der Waals surface area contributed by atoms with Crippen LogP contribution in [0, 0.1) is 5.41 Å². The Hall–Kier alpha value is -0.0800. The topological polar surface area (TPSA) is 21.3 Å². The molecule has 2 atom stereocenters. The van der Waals surface area contributed by atoms with Gasteiger partial charge in [-0.2, -0.15) is 0 Å². The van der Waals surface area contributed by atoms with Gasteiger partial charge in [0.2, 0.25) is 0 Å². The lowest BCUT2D eigenvalue weighted by Gasteiger charge is -2.36. The van der Waals surface area contributed by atoms with Crippen LogP contribution in [0.5, 0.6) is 0 Å². The summed E-state index contributed by atoms with van der Waals surface area (Å²) in [5.74, 6) is 0. The molecule has 0 amide bonds. The summed E-state index contributed by atoms with van der Waals surface area (Å²) in [7, 11) is 1.83. The molecule has 0 rings (SSSR count). The number of rotatable bonds is 7. The van der Waals surface area contributed by atoms with Crippen LogP contribution in [0.1, 0.15) is 53.9 Å². The summed E-state index contributed by atoms with van der Waals surface area (Å²) in [6.45, 7) is 12.2. The van der Waals surface area contributed by atoms with Crippen LogP contribution in [0.4, 0.5) is 0 Å². The molecule has 0 spiro atoms. The summed E-state index contributed by atoms with van der Waals surface area (Å²) in [6.07, 6.45) is 4.03. The zero-order valence-corrected chi connectivity index (χ0v) is 11.4. The molecule has 15 heavy (non-hydrogen) atoms. The zero-order chi connectivity index (χ0) is 11.9. The average molecular weight is 215 g/mol. The lowest BCUT2D eigenvalue weighted by Crippen LogP contribution is -2.47. The number of ether oxygens (including phenoxy) is 1. The molecule has 0 saturated heterocycles. The van der Waals surface area contributed by atoms with Crippen LogP contribution in [0.3, 0.4) is 0 Å². The standard InChI is InChI=1S/C13H29NO/c1-7-9-10-11(14-8-2)12(15-6)13(3,4)5/h11-12,14H,7-10H2,1-6H3. The van der Waals surface area contributed by atoms with Gasteiger partial charge in [0, 0.05) is 13.2 Å². The molecule has 0 bridgehead atoms. The van der Waals surface area contributed by atoms with E-state index in [0.29, 0.717) is 12.1 Å². The molecular formula is C13H29NO. The Morgan fingerprint density at radius 1 is 1.20 bits per heavy atom. The van der Waals surface area contributed by atoms with Gasteiger partial charge in [0.15, 0.2) is 0 Å². The van der Waals surface area contributed by atoms with E-state index in [-0.39, 0.29) is 5.41 Å². The number of likely N-dealkylation sites (N-methyl/N-ethyl adjacent to an activating group) is 1. The second-order valence-corrected chi connectivity index (χ2v) is 5.33. The Bertz CT molecular complexity index is 151. The summed E-state index contributed by atoms with van der Waals surface area (Å²) in [5.41, 5.74) is 0.204. The highest BCUT2D eigenvalue weighted by Crippen LogP contribution is 2.26. The maximum atomic E-state index is 5.66. The fourth-order valence-corrected chi connectivity index (χ4v) is 2.17. The molecule has 2 unspecified atom stereocenters. The Morgan fingerprint density at radius 2 is 1.80 bits per heavy atom. The number of unbranched alkanes of at least 4 members (excludes halogenated alkanes) is 1. The second kappa shape index (κ2) is 7.24. The first-order chi connectivity index (χ1) is 6.97. The third-order valence-electron chi connectivity index (χ3n) is 2.81. The van der Waals surface area contributed by atoms with Gasteiger partial charge >= 0.3 is 0 Å².